The quantitative estimate of drug-likeness (QED) is 0.103. The van der Waals surface area contributed by atoms with Crippen molar-refractivity contribution in [2.75, 3.05) is 113 Å². The summed E-state index contributed by atoms with van der Waals surface area (Å²) in [6.07, 6.45) is 13.3. The summed E-state index contributed by atoms with van der Waals surface area (Å²) >= 11 is 0. The molecule has 1 aliphatic carbocycles. The highest BCUT2D eigenvalue weighted by Gasteiger charge is 2.35. The molecule has 2 atom stereocenters. The molecule has 2 aliphatic heterocycles. The van der Waals surface area contributed by atoms with Crippen molar-refractivity contribution < 1.29 is 23.9 Å². The van der Waals surface area contributed by atoms with E-state index >= 15 is 0 Å². The maximum absolute atomic E-state index is 12.1. The van der Waals surface area contributed by atoms with Gasteiger partial charge in [-0.15, -0.1) is 0 Å². The Morgan fingerprint density at radius 3 is 1.42 bits per heavy atom. The van der Waals surface area contributed by atoms with Gasteiger partial charge in [-0.2, -0.15) is 0 Å². The zero-order valence-electron chi connectivity index (χ0n) is 49.1. The first kappa shape index (κ1) is 68.8. The Labute approximate surface area is 427 Å². The van der Waals surface area contributed by atoms with Gasteiger partial charge in [0.05, 0.1) is 38.4 Å². The Hall–Kier alpha value is -2.32. The third-order valence-corrected chi connectivity index (χ3v) is 12.1. The molecule has 4 amide bonds. The van der Waals surface area contributed by atoms with Gasteiger partial charge in [-0.1, -0.05) is 128 Å². The third-order valence-electron chi connectivity index (χ3n) is 12.1. The summed E-state index contributed by atoms with van der Waals surface area (Å²) in [6, 6.07) is 0. The van der Waals surface area contributed by atoms with Gasteiger partial charge in [-0.3, -0.25) is 38.8 Å². The number of nitrogens with zero attached hydrogens (tertiary/aromatic N) is 6. The van der Waals surface area contributed by atoms with Crippen molar-refractivity contribution in [2.45, 2.75) is 193 Å². The van der Waals surface area contributed by atoms with Gasteiger partial charge in [0.2, 0.25) is 23.6 Å². The van der Waals surface area contributed by atoms with E-state index in [0.717, 1.165) is 90.1 Å². The molecule has 13 heteroatoms. The highest BCUT2D eigenvalue weighted by molar-refractivity contribution is 5.79. The first-order valence-corrected chi connectivity index (χ1v) is 27.7. The molecule has 2 bridgehead atoms. The van der Waals surface area contributed by atoms with Crippen LogP contribution < -0.4 is 10.6 Å². The van der Waals surface area contributed by atoms with Crippen LogP contribution in [0.2, 0.25) is 0 Å². The van der Waals surface area contributed by atoms with E-state index in [-0.39, 0.29) is 29.2 Å². The van der Waals surface area contributed by atoms with Gasteiger partial charge in [0, 0.05) is 64.9 Å². The number of morpholine rings is 1. The molecule has 3 rings (SSSR count). The molecule has 0 aromatic carbocycles. The van der Waals surface area contributed by atoms with Crippen LogP contribution in [0, 0.1) is 35.5 Å². The minimum Gasteiger partial charge on any atom is -0.371 e. The summed E-state index contributed by atoms with van der Waals surface area (Å²) in [6.45, 7) is 47.1. The Morgan fingerprint density at radius 1 is 0.580 bits per heavy atom. The fourth-order valence-corrected chi connectivity index (χ4v) is 8.86. The van der Waals surface area contributed by atoms with E-state index in [2.05, 4.69) is 113 Å². The van der Waals surface area contributed by atoms with Crippen LogP contribution in [0.25, 0.3) is 0 Å². The van der Waals surface area contributed by atoms with Crippen LogP contribution in [0.4, 0.5) is 0 Å². The molecule has 0 radical (unpaired) electrons. The van der Waals surface area contributed by atoms with E-state index in [1.165, 1.54) is 44.9 Å². The van der Waals surface area contributed by atoms with Gasteiger partial charge in [-0.25, -0.2) is 0 Å². The Bertz CT molecular complexity index is 1300. The third kappa shape index (κ3) is 39.9. The topological polar surface area (TPSA) is 121 Å². The lowest BCUT2D eigenvalue weighted by atomic mass is 9.85. The molecule has 3 aliphatic rings. The van der Waals surface area contributed by atoms with E-state index in [1.807, 2.05) is 60.7 Å². The van der Waals surface area contributed by atoms with Crippen LogP contribution in [0.1, 0.15) is 175 Å². The van der Waals surface area contributed by atoms with Gasteiger partial charge in [-0.05, 0) is 110 Å². The lowest BCUT2D eigenvalue weighted by Crippen LogP contribution is -2.49. The SMILES string of the molecule is CC(C)CCC1CCCCC1.CC(C)CN(C)CC(=O)N1CC2CCC(C1)O2.CCN(C)C(=O)CN(C)CC(C)C.CCN(CC(=O)NC(C)(C)C)CC(C)C.CCNC(=O)CN(CC)CC(C)C. The number of fused-ring (bicyclic) bond motifs is 2. The summed E-state index contributed by atoms with van der Waals surface area (Å²) in [4.78, 5) is 58.7. The van der Waals surface area contributed by atoms with Gasteiger partial charge >= 0.3 is 0 Å². The number of carbonyl (C=O) groups excluding carboxylic acids is 4. The predicted molar refractivity (Wildman–Crippen MR) is 294 cm³/mol. The average Bonchev–Trinajstić information content (AvgIpc) is 3.58. The number of ether oxygens (including phenoxy) is 1. The fourth-order valence-electron chi connectivity index (χ4n) is 8.86. The second-order valence-corrected chi connectivity index (χ2v) is 23.5. The van der Waals surface area contributed by atoms with E-state index in [1.54, 1.807) is 4.90 Å². The summed E-state index contributed by atoms with van der Waals surface area (Å²) < 4.78 is 5.74. The number of hydrogen-bond acceptors (Lipinski definition) is 9. The van der Waals surface area contributed by atoms with Crippen LogP contribution in [0.3, 0.4) is 0 Å². The maximum atomic E-state index is 12.1. The molecule has 69 heavy (non-hydrogen) atoms. The number of rotatable bonds is 23. The van der Waals surface area contributed by atoms with Crippen molar-refractivity contribution in [2.24, 2.45) is 35.5 Å². The Balaban J connectivity index is 0. The number of hydrogen-bond donors (Lipinski definition) is 2. The van der Waals surface area contributed by atoms with Crippen LogP contribution in [0.15, 0.2) is 0 Å². The van der Waals surface area contributed by atoms with Gasteiger partial charge in [0.25, 0.3) is 0 Å². The minimum absolute atomic E-state index is 0.116. The summed E-state index contributed by atoms with van der Waals surface area (Å²) in [7, 11) is 5.85. The van der Waals surface area contributed by atoms with Crippen molar-refractivity contribution in [1.29, 1.82) is 0 Å². The number of nitrogens with one attached hydrogen (secondary N) is 2. The van der Waals surface area contributed by atoms with Crippen molar-refractivity contribution in [3.8, 4) is 0 Å². The second kappa shape index (κ2) is 39.2. The average molecular weight is 982 g/mol. The molecule has 2 heterocycles. The molecule has 0 aromatic rings. The largest absolute Gasteiger partial charge is 0.371 e. The molecule has 2 N–H and O–H groups in total. The Morgan fingerprint density at radius 2 is 1.03 bits per heavy atom. The zero-order chi connectivity index (χ0) is 53.3. The molecule has 410 valence electrons. The first-order chi connectivity index (χ1) is 32.1. The molecule has 2 saturated heterocycles. The molecular weight excluding hydrogens is 865 g/mol. The number of amides is 4. The van der Waals surface area contributed by atoms with Crippen LogP contribution in [-0.4, -0.2) is 184 Å². The van der Waals surface area contributed by atoms with Gasteiger partial charge in [0.1, 0.15) is 0 Å². The van der Waals surface area contributed by atoms with Crippen molar-refractivity contribution in [3.63, 3.8) is 0 Å². The predicted octanol–water partition coefficient (Wildman–Crippen LogP) is 9.00. The lowest BCUT2D eigenvalue weighted by molar-refractivity contribution is -0.140. The molecule has 0 aromatic heterocycles. The van der Waals surface area contributed by atoms with Crippen molar-refractivity contribution in [1.82, 2.24) is 40.0 Å². The van der Waals surface area contributed by atoms with Crippen LogP contribution >= 0.6 is 0 Å². The summed E-state index contributed by atoms with van der Waals surface area (Å²) in [5, 5.41) is 5.78. The monoisotopic (exact) mass is 981 g/mol. The number of carbonyl (C=O) groups is 4. The zero-order valence-corrected chi connectivity index (χ0v) is 49.1. The van der Waals surface area contributed by atoms with Crippen molar-refractivity contribution >= 4 is 23.6 Å². The Kier molecular flexibility index (Phi) is 39.1. The van der Waals surface area contributed by atoms with E-state index < -0.39 is 0 Å². The fraction of sp³-hybridized carbons (Fsp3) is 0.929. The second-order valence-electron chi connectivity index (χ2n) is 23.5. The van der Waals surface area contributed by atoms with Crippen molar-refractivity contribution in [3.05, 3.63) is 0 Å². The maximum Gasteiger partial charge on any atom is 0.236 e. The standard InChI is InChI=1S/C13H24N2O2.C12H26N2O.C11H22.2C10H22N2O/c1-10(2)6-14(3)9-13(16)15-7-11-4-5-12(8-15)17-11;1-7-14(8-10(2)3)9-11(15)13-12(4,5)6;1-10(2)8-9-11-6-4-3-5-7-11;1-6-12(5)10(13)8-11(4)7-9(2)3;1-5-11-10(13)8-12(6-2)7-9(3)4/h10-12H,4-9H2,1-3H3;10H,7-9H2,1-6H3,(H,13,15);10-11H,3-9H2,1-2H3;9H,6-8H2,1-5H3;9H,5-8H2,1-4H3,(H,11,13). The minimum atomic E-state index is -0.131. The van der Waals surface area contributed by atoms with Gasteiger partial charge < -0.3 is 25.2 Å². The molecule has 0 spiro atoms. The van der Waals surface area contributed by atoms with Crippen LogP contribution in [-0.2, 0) is 23.9 Å². The number of likely N-dealkylation sites (N-methyl/N-ethyl adjacent to an activating group) is 6. The molecular formula is C56H116N8O5. The van der Waals surface area contributed by atoms with E-state index in [0.29, 0.717) is 62.1 Å². The highest BCUT2D eigenvalue weighted by Crippen LogP contribution is 2.28. The summed E-state index contributed by atoms with van der Waals surface area (Å²) in [5.41, 5.74) is -0.131. The molecule has 13 nitrogen and oxygen atoms in total. The van der Waals surface area contributed by atoms with Gasteiger partial charge in [0.15, 0.2) is 0 Å². The summed E-state index contributed by atoms with van der Waals surface area (Å²) in [5.74, 6) is 5.15. The normalized spacial score (nSPS) is 17.1. The smallest absolute Gasteiger partial charge is 0.236 e. The lowest BCUT2D eigenvalue weighted by Gasteiger charge is -2.33. The number of likely N-dealkylation sites (tertiary alicyclic amines) is 1. The highest BCUT2D eigenvalue weighted by atomic mass is 16.5. The molecule has 3 fully saturated rings. The van der Waals surface area contributed by atoms with Crippen LogP contribution in [0.5, 0.6) is 0 Å². The molecule has 2 unspecified atom stereocenters. The van der Waals surface area contributed by atoms with E-state index in [9.17, 15) is 19.2 Å². The van der Waals surface area contributed by atoms with E-state index in [4.69, 9.17) is 4.74 Å². The first-order valence-electron chi connectivity index (χ1n) is 27.7. The molecule has 1 saturated carbocycles.